The molecule has 1 aliphatic heterocycles. The highest BCUT2D eigenvalue weighted by Gasteiger charge is 2.24. The highest BCUT2D eigenvalue weighted by atomic mass is 35.5. The fourth-order valence-corrected chi connectivity index (χ4v) is 4.64. The second-order valence-corrected chi connectivity index (χ2v) is 8.72. The van der Waals surface area contributed by atoms with Crippen LogP contribution < -0.4 is 9.64 Å². The fourth-order valence-electron chi connectivity index (χ4n) is 3.29. The number of carbonyl (C=O) groups excluding carboxylic acids is 1. The van der Waals surface area contributed by atoms with Crippen molar-refractivity contribution in [2.75, 3.05) is 51.4 Å². The maximum atomic E-state index is 13.5. The van der Waals surface area contributed by atoms with Crippen molar-refractivity contribution in [3.05, 3.63) is 52.0 Å². The van der Waals surface area contributed by atoms with Gasteiger partial charge in [-0.3, -0.25) is 14.6 Å². The van der Waals surface area contributed by atoms with Gasteiger partial charge < -0.3 is 9.47 Å². The number of nitrogens with zero attached hydrogens (tertiary/aromatic N) is 3. The van der Waals surface area contributed by atoms with Gasteiger partial charge in [0.15, 0.2) is 5.13 Å². The van der Waals surface area contributed by atoms with Crippen LogP contribution >= 0.6 is 46.9 Å². The molecule has 1 saturated heterocycles. The summed E-state index contributed by atoms with van der Waals surface area (Å²) in [5.41, 5.74) is 1.15. The van der Waals surface area contributed by atoms with Crippen LogP contribution in [0.1, 0.15) is 10.4 Å². The Bertz CT molecular complexity index is 1060. The van der Waals surface area contributed by atoms with Crippen molar-refractivity contribution in [2.24, 2.45) is 0 Å². The van der Waals surface area contributed by atoms with Gasteiger partial charge in [-0.1, -0.05) is 34.5 Å². The molecular formula is C21H22Cl3N3O3S. The maximum Gasteiger partial charge on any atom is 0.261 e. The Kier molecular flexibility index (Phi) is 8.38. The molecule has 31 heavy (non-hydrogen) atoms. The molecule has 1 amide bonds. The molecule has 0 radical (unpaired) electrons. The molecule has 4 rings (SSSR count). The average molecular weight is 503 g/mol. The van der Waals surface area contributed by atoms with Crippen LogP contribution in [0.2, 0.25) is 10.0 Å². The number of methoxy groups -OCH3 is 1. The van der Waals surface area contributed by atoms with Crippen LogP contribution in [0.3, 0.4) is 0 Å². The number of carbonyl (C=O) groups is 1. The summed E-state index contributed by atoms with van der Waals surface area (Å²) in [6.07, 6.45) is 0. The second-order valence-electron chi connectivity index (χ2n) is 6.87. The number of hydrogen-bond acceptors (Lipinski definition) is 6. The van der Waals surface area contributed by atoms with Crippen LogP contribution in [0.4, 0.5) is 5.13 Å². The minimum atomic E-state index is -0.221. The van der Waals surface area contributed by atoms with E-state index in [9.17, 15) is 4.79 Å². The van der Waals surface area contributed by atoms with Gasteiger partial charge in [-0.15, -0.1) is 12.4 Å². The average Bonchev–Trinajstić information content (AvgIpc) is 3.19. The smallest absolute Gasteiger partial charge is 0.261 e. The van der Waals surface area contributed by atoms with Crippen molar-refractivity contribution in [1.29, 1.82) is 0 Å². The first-order chi connectivity index (χ1) is 14.5. The Morgan fingerprint density at radius 2 is 2.00 bits per heavy atom. The quantitative estimate of drug-likeness (QED) is 0.474. The van der Waals surface area contributed by atoms with Gasteiger partial charge in [0.05, 0.1) is 41.1 Å². The van der Waals surface area contributed by atoms with Crippen molar-refractivity contribution in [2.45, 2.75) is 0 Å². The number of aromatic nitrogens is 1. The molecule has 0 saturated carbocycles. The molecule has 0 atom stereocenters. The van der Waals surface area contributed by atoms with E-state index in [0.29, 0.717) is 47.0 Å². The van der Waals surface area contributed by atoms with Gasteiger partial charge in [0.25, 0.3) is 5.91 Å². The zero-order valence-corrected chi connectivity index (χ0v) is 20.0. The SMILES string of the molecule is COc1ccc2sc(N(CCN3CCOCC3)C(=O)c3cc(Cl)ccc3Cl)nc2c1.Cl. The van der Waals surface area contributed by atoms with E-state index in [0.717, 1.165) is 29.1 Å². The standard InChI is InChI=1S/C21H21Cl2N3O3S.ClH/c1-28-15-3-5-19-18(13-15)24-21(30-19)26(7-6-25-8-10-29-11-9-25)20(27)16-12-14(22)2-4-17(16)23;/h2-5,12-13H,6-11H2,1H3;1H. The first-order valence-corrected chi connectivity index (χ1v) is 11.1. The number of benzene rings is 2. The molecule has 3 aromatic rings. The Morgan fingerprint density at radius 3 is 2.74 bits per heavy atom. The molecule has 1 aliphatic rings. The number of fused-ring (bicyclic) bond motifs is 1. The maximum absolute atomic E-state index is 13.5. The van der Waals surface area contributed by atoms with Gasteiger partial charge in [0, 0.05) is 37.3 Å². The van der Waals surface area contributed by atoms with Crippen LogP contribution in [0, 0.1) is 0 Å². The lowest BCUT2D eigenvalue weighted by Crippen LogP contribution is -2.43. The van der Waals surface area contributed by atoms with Gasteiger partial charge in [-0.2, -0.15) is 0 Å². The normalized spacial score (nSPS) is 14.3. The fraction of sp³-hybridized carbons (Fsp3) is 0.333. The van der Waals surface area contributed by atoms with E-state index in [4.69, 9.17) is 37.7 Å². The monoisotopic (exact) mass is 501 g/mol. The molecule has 2 heterocycles. The topological polar surface area (TPSA) is 54.9 Å². The first kappa shape index (κ1) is 24.0. The van der Waals surface area contributed by atoms with Gasteiger partial charge in [-0.25, -0.2) is 4.98 Å². The van der Waals surface area contributed by atoms with E-state index in [1.807, 2.05) is 18.2 Å². The van der Waals surface area contributed by atoms with Gasteiger partial charge in [0.1, 0.15) is 5.75 Å². The third kappa shape index (κ3) is 5.61. The summed E-state index contributed by atoms with van der Waals surface area (Å²) in [7, 11) is 1.62. The lowest BCUT2D eigenvalue weighted by Gasteiger charge is -2.29. The van der Waals surface area contributed by atoms with Crippen LogP contribution in [-0.2, 0) is 4.74 Å². The Balaban J connectivity index is 0.00000272. The van der Waals surface area contributed by atoms with E-state index >= 15 is 0 Å². The molecule has 0 aliphatic carbocycles. The number of anilines is 1. The minimum absolute atomic E-state index is 0. The van der Waals surface area contributed by atoms with E-state index < -0.39 is 0 Å². The summed E-state index contributed by atoms with van der Waals surface area (Å²) >= 11 is 13.9. The molecule has 0 N–H and O–H groups in total. The number of rotatable bonds is 6. The Labute approximate surface area is 201 Å². The highest BCUT2D eigenvalue weighted by Crippen LogP contribution is 2.33. The molecule has 0 unspecified atom stereocenters. The number of amides is 1. The lowest BCUT2D eigenvalue weighted by atomic mass is 10.2. The van der Waals surface area contributed by atoms with Crippen molar-refractivity contribution in [1.82, 2.24) is 9.88 Å². The minimum Gasteiger partial charge on any atom is -0.497 e. The summed E-state index contributed by atoms with van der Waals surface area (Å²) in [6, 6.07) is 10.6. The number of thiazole rings is 1. The highest BCUT2D eigenvalue weighted by molar-refractivity contribution is 7.22. The Morgan fingerprint density at radius 1 is 1.23 bits per heavy atom. The molecule has 10 heteroatoms. The zero-order valence-electron chi connectivity index (χ0n) is 16.8. The molecule has 6 nitrogen and oxygen atoms in total. The van der Waals surface area contributed by atoms with E-state index in [-0.39, 0.29) is 18.3 Å². The van der Waals surface area contributed by atoms with Crippen molar-refractivity contribution in [3.8, 4) is 5.75 Å². The largest absolute Gasteiger partial charge is 0.497 e. The van der Waals surface area contributed by atoms with Crippen LogP contribution in [-0.4, -0.2) is 62.3 Å². The summed E-state index contributed by atoms with van der Waals surface area (Å²) < 4.78 is 11.7. The van der Waals surface area contributed by atoms with Crippen molar-refractivity contribution < 1.29 is 14.3 Å². The van der Waals surface area contributed by atoms with Gasteiger partial charge in [-0.05, 0) is 30.3 Å². The summed E-state index contributed by atoms with van der Waals surface area (Å²) in [5.74, 6) is 0.505. The first-order valence-electron chi connectivity index (χ1n) is 9.57. The third-order valence-corrected chi connectivity index (χ3v) is 6.59. The van der Waals surface area contributed by atoms with Gasteiger partial charge >= 0.3 is 0 Å². The molecule has 166 valence electrons. The van der Waals surface area contributed by atoms with Crippen LogP contribution in [0.15, 0.2) is 36.4 Å². The van der Waals surface area contributed by atoms with Crippen molar-refractivity contribution >= 4 is 68.2 Å². The predicted octanol–water partition coefficient (Wildman–Crippen LogP) is 5.01. The molecule has 0 spiro atoms. The van der Waals surface area contributed by atoms with E-state index in [1.165, 1.54) is 11.3 Å². The molecular weight excluding hydrogens is 481 g/mol. The number of hydrogen-bond donors (Lipinski definition) is 0. The van der Waals surface area contributed by atoms with Gasteiger partial charge in [0.2, 0.25) is 0 Å². The lowest BCUT2D eigenvalue weighted by molar-refractivity contribution is 0.0391. The van der Waals surface area contributed by atoms with Crippen molar-refractivity contribution in [3.63, 3.8) is 0 Å². The predicted molar refractivity (Wildman–Crippen MR) is 129 cm³/mol. The number of ether oxygens (including phenoxy) is 2. The number of halogens is 3. The van der Waals surface area contributed by atoms with E-state index in [1.54, 1.807) is 30.2 Å². The summed E-state index contributed by atoms with van der Waals surface area (Å²) in [6.45, 7) is 4.29. The molecule has 0 bridgehead atoms. The zero-order chi connectivity index (χ0) is 21.1. The van der Waals surface area contributed by atoms with Crippen LogP contribution in [0.5, 0.6) is 5.75 Å². The van der Waals surface area contributed by atoms with E-state index in [2.05, 4.69) is 4.90 Å². The molecule has 1 fully saturated rings. The third-order valence-electron chi connectivity index (χ3n) is 4.96. The summed E-state index contributed by atoms with van der Waals surface area (Å²) in [4.78, 5) is 22.1. The molecule has 2 aromatic carbocycles. The van der Waals surface area contributed by atoms with Crippen LogP contribution in [0.25, 0.3) is 10.2 Å². The number of morpholine rings is 1. The second kappa shape index (κ2) is 10.8. The summed E-state index contributed by atoms with van der Waals surface area (Å²) in [5, 5.41) is 1.45. The molecule has 1 aromatic heterocycles. The Hall–Kier alpha value is -1.61.